The Kier molecular flexibility index (Phi) is 5.89. The summed E-state index contributed by atoms with van der Waals surface area (Å²) in [6, 6.07) is 13.4. The third-order valence-corrected chi connectivity index (χ3v) is 4.95. The van der Waals surface area contributed by atoms with E-state index in [1.807, 2.05) is 42.5 Å². The highest BCUT2D eigenvalue weighted by atomic mass is 35.5. The molecule has 0 saturated carbocycles. The fourth-order valence-corrected chi connectivity index (χ4v) is 3.48. The first-order chi connectivity index (χ1) is 12.6. The molecule has 1 atom stereocenters. The Morgan fingerprint density at radius 2 is 2.15 bits per heavy atom. The third-order valence-electron chi connectivity index (χ3n) is 4.71. The van der Waals surface area contributed by atoms with Crippen LogP contribution in [0.15, 0.2) is 42.5 Å². The van der Waals surface area contributed by atoms with Gasteiger partial charge in [-0.15, -0.1) is 0 Å². The van der Waals surface area contributed by atoms with E-state index in [4.69, 9.17) is 22.1 Å². The molecular formula is C20H24ClN3O2. The lowest BCUT2D eigenvalue weighted by atomic mass is 10.1. The standard InChI is InChI=1S/C20H24ClN3O2/c1-26-19-8-7-15(21)12-18(19)24-11-10-16(13-24)23-20(25)9-6-14-4-2-3-5-17(14)22/h2-5,7-8,12,16H,6,9-11,13,22H2,1H3,(H,23,25). The van der Waals surface area contributed by atoms with Crippen molar-refractivity contribution in [3.8, 4) is 5.75 Å². The van der Waals surface area contributed by atoms with Crippen LogP contribution in [-0.2, 0) is 11.2 Å². The zero-order valence-electron chi connectivity index (χ0n) is 14.9. The van der Waals surface area contributed by atoms with Gasteiger partial charge in [0.05, 0.1) is 12.8 Å². The number of methoxy groups -OCH3 is 1. The Bertz CT molecular complexity index is 781. The number of nitrogens with zero attached hydrogens (tertiary/aromatic N) is 1. The van der Waals surface area contributed by atoms with E-state index in [0.717, 1.165) is 42.2 Å². The van der Waals surface area contributed by atoms with Gasteiger partial charge in [-0.3, -0.25) is 4.79 Å². The van der Waals surface area contributed by atoms with Crippen LogP contribution in [0.5, 0.6) is 5.75 Å². The summed E-state index contributed by atoms with van der Waals surface area (Å²) in [5.74, 6) is 0.846. The van der Waals surface area contributed by atoms with Crippen molar-refractivity contribution in [1.29, 1.82) is 0 Å². The highest BCUT2D eigenvalue weighted by Gasteiger charge is 2.26. The number of nitrogens with one attached hydrogen (secondary N) is 1. The van der Waals surface area contributed by atoms with Crippen LogP contribution in [0.3, 0.4) is 0 Å². The molecule has 6 heteroatoms. The second-order valence-electron chi connectivity index (χ2n) is 6.51. The lowest BCUT2D eigenvalue weighted by Gasteiger charge is -2.21. The minimum atomic E-state index is 0.0539. The van der Waals surface area contributed by atoms with Gasteiger partial charge in [0.15, 0.2) is 0 Å². The second-order valence-corrected chi connectivity index (χ2v) is 6.95. The summed E-state index contributed by atoms with van der Waals surface area (Å²) in [7, 11) is 1.65. The van der Waals surface area contributed by atoms with Gasteiger partial charge in [-0.1, -0.05) is 29.8 Å². The number of amides is 1. The van der Waals surface area contributed by atoms with Crippen molar-refractivity contribution in [2.75, 3.05) is 30.8 Å². The van der Waals surface area contributed by atoms with Gasteiger partial charge >= 0.3 is 0 Å². The van der Waals surface area contributed by atoms with E-state index in [1.165, 1.54) is 0 Å². The Morgan fingerprint density at radius 3 is 2.92 bits per heavy atom. The van der Waals surface area contributed by atoms with E-state index < -0.39 is 0 Å². The number of carbonyl (C=O) groups excluding carboxylic acids is 1. The van der Waals surface area contributed by atoms with Crippen LogP contribution in [0.4, 0.5) is 11.4 Å². The maximum Gasteiger partial charge on any atom is 0.220 e. The number of carbonyl (C=O) groups is 1. The van der Waals surface area contributed by atoms with Gasteiger partial charge in [0.25, 0.3) is 0 Å². The van der Waals surface area contributed by atoms with E-state index in [1.54, 1.807) is 7.11 Å². The molecule has 2 aromatic rings. The van der Waals surface area contributed by atoms with Gasteiger partial charge in [-0.05, 0) is 42.7 Å². The van der Waals surface area contributed by atoms with Crippen LogP contribution in [0.1, 0.15) is 18.4 Å². The second kappa shape index (κ2) is 8.32. The number of ether oxygens (including phenoxy) is 1. The number of hydrogen-bond acceptors (Lipinski definition) is 4. The SMILES string of the molecule is COc1ccc(Cl)cc1N1CCC(NC(=O)CCc2ccccc2N)C1. The molecule has 1 aliphatic rings. The van der Waals surface area contributed by atoms with Crippen LogP contribution in [0.2, 0.25) is 5.02 Å². The predicted octanol–water partition coefficient (Wildman–Crippen LogP) is 3.26. The summed E-state index contributed by atoms with van der Waals surface area (Å²) in [6.45, 7) is 1.60. The van der Waals surface area contributed by atoms with Crippen LogP contribution in [0, 0.1) is 0 Å². The first-order valence-electron chi connectivity index (χ1n) is 8.78. The predicted molar refractivity (Wildman–Crippen MR) is 106 cm³/mol. The summed E-state index contributed by atoms with van der Waals surface area (Å²) in [4.78, 5) is 14.5. The van der Waals surface area contributed by atoms with Gasteiger partial charge in [-0.25, -0.2) is 0 Å². The molecule has 26 heavy (non-hydrogen) atoms. The molecule has 1 saturated heterocycles. The molecule has 1 heterocycles. The zero-order chi connectivity index (χ0) is 18.5. The van der Waals surface area contributed by atoms with E-state index in [2.05, 4.69) is 10.2 Å². The van der Waals surface area contributed by atoms with Crippen molar-refractivity contribution in [1.82, 2.24) is 5.32 Å². The molecule has 0 radical (unpaired) electrons. The number of aryl methyl sites for hydroxylation is 1. The maximum atomic E-state index is 12.3. The van der Waals surface area contributed by atoms with Crippen molar-refractivity contribution in [3.63, 3.8) is 0 Å². The third kappa shape index (κ3) is 4.41. The summed E-state index contributed by atoms with van der Waals surface area (Å²) in [5.41, 5.74) is 8.65. The quantitative estimate of drug-likeness (QED) is 0.763. The van der Waals surface area contributed by atoms with Crippen LogP contribution in [-0.4, -0.2) is 32.1 Å². The molecule has 0 aromatic heterocycles. The van der Waals surface area contributed by atoms with Crippen LogP contribution >= 0.6 is 11.6 Å². The van der Waals surface area contributed by atoms with Crippen molar-refractivity contribution in [2.24, 2.45) is 0 Å². The number of nitrogens with two attached hydrogens (primary N) is 1. The van der Waals surface area contributed by atoms with Crippen LogP contribution < -0.4 is 20.7 Å². The van der Waals surface area contributed by atoms with E-state index >= 15 is 0 Å². The lowest BCUT2D eigenvalue weighted by Crippen LogP contribution is -2.37. The Morgan fingerprint density at radius 1 is 1.35 bits per heavy atom. The van der Waals surface area contributed by atoms with Crippen molar-refractivity contribution < 1.29 is 9.53 Å². The van der Waals surface area contributed by atoms with E-state index in [0.29, 0.717) is 17.9 Å². The Balaban J connectivity index is 1.54. The molecule has 1 fully saturated rings. The molecule has 0 bridgehead atoms. The highest BCUT2D eigenvalue weighted by molar-refractivity contribution is 6.30. The van der Waals surface area contributed by atoms with Crippen molar-refractivity contribution in [2.45, 2.75) is 25.3 Å². The molecule has 2 aromatic carbocycles. The van der Waals surface area contributed by atoms with E-state index in [9.17, 15) is 4.79 Å². The van der Waals surface area contributed by atoms with Gasteiger partial charge < -0.3 is 20.7 Å². The highest BCUT2D eigenvalue weighted by Crippen LogP contribution is 2.33. The molecule has 3 N–H and O–H groups in total. The zero-order valence-corrected chi connectivity index (χ0v) is 15.6. The summed E-state index contributed by atoms with van der Waals surface area (Å²) in [5, 5.41) is 3.80. The molecular weight excluding hydrogens is 350 g/mol. The van der Waals surface area contributed by atoms with Gasteiger partial charge in [0, 0.05) is 36.3 Å². The van der Waals surface area contributed by atoms with Crippen molar-refractivity contribution in [3.05, 3.63) is 53.1 Å². The smallest absolute Gasteiger partial charge is 0.220 e. The average Bonchev–Trinajstić information content (AvgIpc) is 3.09. The first kappa shape index (κ1) is 18.4. The molecule has 3 rings (SSSR count). The number of para-hydroxylation sites is 1. The normalized spacial score (nSPS) is 16.5. The lowest BCUT2D eigenvalue weighted by molar-refractivity contribution is -0.121. The number of halogens is 1. The molecule has 138 valence electrons. The summed E-state index contributed by atoms with van der Waals surface area (Å²) >= 11 is 6.12. The molecule has 1 aliphatic heterocycles. The first-order valence-corrected chi connectivity index (χ1v) is 9.16. The number of nitrogen functional groups attached to an aromatic ring is 1. The minimum Gasteiger partial charge on any atom is -0.495 e. The largest absolute Gasteiger partial charge is 0.495 e. The van der Waals surface area contributed by atoms with Crippen LogP contribution in [0.25, 0.3) is 0 Å². The molecule has 0 aliphatic carbocycles. The molecule has 5 nitrogen and oxygen atoms in total. The average molecular weight is 374 g/mol. The summed E-state index contributed by atoms with van der Waals surface area (Å²) < 4.78 is 5.43. The fourth-order valence-electron chi connectivity index (χ4n) is 3.32. The monoisotopic (exact) mass is 373 g/mol. The molecule has 1 amide bonds. The number of hydrogen-bond donors (Lipinski definition) is 2. The molecule has 0 spiro atoms. The minimum absolute atomic E-state index is 0.0539. The number of anilines is 2. The fraction of sp³-hybridized carbons (Fsp3) is 0.350. The van der Waals surface area contributed by atoms with Crippen molar-refractivity contribution >= 4 is 28.9 Å². The Hall–Kier alpha value is -2.40. The van der Waals surface area contributed by atoms with E-state index in [-0.39, 0.29) is 11.9 Å². The van der Waals surface area contributed by atoms with Gasteiger partial charge in [0.1, 0.15) is 5.75 Å². The molecule has 1 unspecified atom stereocenters. The van der Waals surface area contributed by atoms with Gasteiger partial charge in [-0.2, -0.15) is 0 Å². The van der Waals surface area contributed by atoms with Gasteiger partial charge in [0.2, 0.25) is 5.91 Å². The topological polar surface area (TPSA) is 67.6 Å². The maximum absolute atomic E-state index is 12.3. The number of benzene rings is 2. The summed E-state index contributed by atoms with van der Waals surface area (Å²) in [6.07, 6.45) is 1.98. The number of rotatable bonds is 6. The Labute approximate surface area is 159 Å².